The highest BCUT2D eigenvalue weighted by Gasteiger charge is 2.39. The minimum absolute atomic E-state index is 0.0981. The molecule has 11 rings (SSSR count). The van der Waals surface area contributed by atoms with Crippen LogP contribution < -0.4 is 9.80 Å². The SMILES string of the molecule is CC1(C)C2=C(CCC(N3c4ccccc4CCc4ccccc43)=C2)c2ccc(C=Cc3cccc4c(N5c6ccccc6CCc6ccccc65)cccc34)cc21. The average molecular weight is 735 g/mol. The first-order chi connectivity index (χ1) is 28.0. The highest BCUT2D eigenvalue weighted by molar-refractivity contribution is 6.04. The van der Waals surface area contributed by atoms with Crippen LogP contribution in [0.4, 0.5) is 28.4 Å². The Morgan fingerprint density at radius 3 is 1.60 bits per heavy atom. The van der Waals surface area contributed by atoms with Gasteiger partial charge in [-0.25, -0.2) is 0 Å². The smallest absolute Gasteiger partial charge is 0.0540 e. The van der Waals surface area contributed by atoms with E-state index in [1.54, 1.807) is 0 Å². The normalized spacial score (nSPS) is 16.6. The van der Waals surface area contributed by atoms with Gasteiger partial charge in [-0.1, -0.05) is 147 Å². The van der Waals surface area contributed by atoms with Crippen molar-refractivity contribution in [2.45, 2.75) is 57.8 Å². The van der Waals surface area contributed by atoms with Crippen LogP contribution in [0, 0.1) is 0 Å². The van der Waals surface area contributed by atoms with Gasteiger partial charge in [0.05, 0.1) is 5.69 Å². The molecule has 0 radical (unpaired) electrons. The molecule has 2 aliphatic heterocycles. The number of allylic oxidation sites excluding steroid dienone is 4. The van der Waals surface area contributed by atoms with Gasteiger partial charge in [-0.15, -0.1) is 0 Å². The van der Waals surface area contributed by atoms with E-state index < -0.39 is 0 Å². The molecule has 4 aliphatic rings. The second-order valence-corrected chi connectivity index (χ2v) is 16.7. The summed E-state index contributed by atoms with van der Waals surface area (Å²) < 4.78 is 0. The van der Waals surface area contributed by atoms with E-state index in [1.807, 2.05) is 0 Å². The van der Waals surface area contributed by atoms with Gasteiger partial charge in [-0.05, 0) is 136 Å². The van der Waals surface area contributed by atoms with Crippen molar-refractivity contribution in [2.75, 3.05) is 9.80 Å². The zero-order chi connectivity index (χ0) is 38.1. The van der Waals surface area contributed by atoms with Crippen LogP contribution in [0.3, 0.4) is 0 Å². The molecule has 0 aromatic heterocycles. The molecule has 0 saturated heterocycles. The van der Waals surface area contributed by atoms with E-state index in [2.05, 4.69) is 194 Å². The molecular formula is C55H46N2. The maximum Gasteiger partial charge on any atom is 0.0540 e. The summed E-state index contributed by atoms with van der Waals surface area (Å²) in [4.78, 5) is 5.07. The molecule has 0 amide bonds. The molecule has 276 valence electrons. The Bertz CT molecular complexity index is 2750. The molecule has 2 heterocycles. The van der Waals surface area contributed by atoms with E-state index >= 15 is 0 Å². The van der Waals surface area contributed by atoms with Crippen molar-refractivity contribution in [3.8, 4) is 0 Å². The molecular weight excluding hydrogens is 689 g/mol. The molecule has 0 unspecified atom stereocenters. The lowest BCUT2D eigenvalue weighted by Gasteiger charge is -2.33. The molecule has 7 aromatic rings. The number of nitrogens with zero attached hydrogens (tertiary/aromatic N) is 2. The largest absolute Gasteiger partial charge is 0.314 e. The third kappa shape index (κ3) is 5.53. The van der Waals surface area contributed by atoms with E-state index in [-0.39, 0.29) is 5.41 Å². The number of hydrogen-bond acceptors (Lipinski definition) is 2. The molecule has 0 spiro atoms. The molecule has 2 nitrogen and oxygen atoms in total. The van der Waals surface area contributed by atoms with E-state index in [0.29, 0.717) is 0 Å². The molecule has 0 fully saturated rings. The van der Waals surface area contributed by atoms with Gasteiger partial charge in [0.15, 0.2) is 0 Å². The Labute approximate surface area is 336 Å². The van der Waals surface area contributed by atoms with Crippen LogP contribution >= 0.6 is 0 Å². The number of para-hydroxylation sites is 4. The monoisotopic (exact) mass is 734 g/mol. The van der Waals surface area contributed by atoms with Gasteiger partial charge in [0, 0.05) is 39.2 Å². The van der Waals surface area contributed by atoms with Gasteiger partial charge >= 0.3 is 0 Å². The quantitative estimate of drug-likeness (QED) is 0.166. The van der Waals surface area contributed by atoms with Gasteiger partial charge in [0.1, 0.15) is 0 Å². The third-order valence-corrected chi connectivity index (χ3v) is 13.2. The van der Waals surface area contributed by atoms with Crippen molar-refractivity contribution in [2.24, 2.45) is 0 Å². The number of benzene rings is 7. The standard InChI is InChI=1S/C55H46N2/c1-55(2)48-35-37(26-33-45(48)46-34-32-43(36-49(46)55)56-50-20-7-3-13-39(50)28-29-40-14-4-8-21-51(40)56)25-27-38-17-11-19-47-44(38)18-12-24-54(47)57-52-22-9-5-15-41(52)30-31-42-16-6-10-23-53(42)57/h3-27,33,35-36H,28-32,34H2,1-2H3. The minimum atomic E-state index is -0.0981. The Balaban J connectivity index is 0.941. The van der Waals surface area contributed by atoms with Crippen molar-refractivity contribution in [1.29, 1.82) is 0 Å². The fourth-order valence-corrected chi connectivity index (χ4v) is 10.3. The van der Waals surface area contributed by atoms with Gasteiger partial charge in [0.25, 0.3) is 0 Å². The average Bonchev–Trinajstić information content (AvgIpc) is 3.38. The van der Waals surface area contributed by atoms with Crippen LogP contribution in [0.2, 0.25) is 0 Å². The van der Waals surface area contributed by atoms with Crippen LogP contribution in [0.5, 0.6) is 0 Å². The first-order valence-corrected chi connectivity index (χ1v) is 20.7. The first-order valence-electron chi connectivity index (χ1n) is 20.7. The summed E-state index contributed by atoms with van der Waals surface area (Å²) >= 11 is 0. The topological polar surface area (TPSA) is 6.48 Å². The summed E-state index contributed by atoms with van der Waals surface area (Å²) in [6.07, 6.45) is 13.5. The lowest BCUT2D eigenvalue weighted by molar-refractivity contribution is 0.648. The van der Waals surface area contributed by atoms with Gasteiger partial charge in [-0.3, -0.25) is 0 Å². The van der Waals surface area contributed by atoms with Crippen LogP contribution in [0.1, 0.15) is 71.2 Å². The number of hydrogen-bond donors (Lipinski definition) is 0. The predicted octanol–water partition coefficient (Wildman–Crippen LogP) is 14.2. The summed E-state index contributed by atoms with van der Waals surface area (Å²) in [7, 11) is 0. The maximum absolute atomic E-state index is 2.58. The van der Waals surface area contributed by atoms with Crippen LogP contribution in [0.15, 0.2) is 169 Å². The molecule has 0 atom stereocenters. The van der Waals surface area contributed by atoms with Crippen LogP contribution in [0.25, 0.3) is 28.5 Å². The highest BCUT2D eigenvalue weighted by atomic mass is 15.2. The molecule has 0 bridgehead atoms. The Morgan fingerprint density at radius 1 is 0.456 bits per heavy atom. The Morgan fingerprint density at radius 2 is 0.982 bits per heavy atom. The summed E-state index contributed by atoms with van der Waals surface area (Å²) in [5, 5.41) is 2.52. The molecule has 0 saturated carbocycles. The van der Waals surface area contributed by atoms with Crippen molar-refractivity contribution in [3.63, 3.8) is 0 Å². The summed E-state index contributed by atoms with van der Waals surface area (Å²) in [5.74, 6) is 0. The predicted molar refractivity (Wildman–Crippen MR) is 241 cm³/mol. The zero-order valence-electron chi connectivity index (χ0n) is 32.8. The Kier molecular flexibility index (Phi) is 7.96. The third-order valence-electron chi connectivity index (χ3n) is 13.2. The fraction of sp³-hybridized carbons (Fsp3) is 0.164. The number of aryl methyl sites for hydroxylation is 4. The molecule has 7 aromatic carbocycles. The second-order valence-electron chi connectivity index (χ2n) is 16.7. The zero-order valence-corrected chi connectivity index (χ0v) is 32.8. The lowest BCUT2D eigenvalue weighted by Crippen LogP contribution is -2.22. The fourth-order valence-electron chi connectivity index (χ4n) is 10.3. The van der Waals surface area contributed by atoms with Crippen molar-refractivity contribution >= 4 is 56.9 Å². The van der Waals surface area contributed by atoms with E-state index in [0.717, 1.165) is 38.5 Å². The number of anilines is 5. The molecule has 57 heavy (non-hydrogen) atoms. The van der Waals surface area contributed by atoms with Crippen molar-refractivity contribution in [1.82, 2.24) is 0 Å². The highest BCUT2D eigenvalue weighted by Crippen LogP contribution is 2.53. The second kappa shape index (κ2) is 13.4. The van der Waals surface area contributed by atoms with E-state index in [9.17, 15) is 0 Å². The summed E-state index contributed by atoms with van der Waals surface area (Å²) in [6.45, 7) is 4.85. The maximum atomic E-state index is 2.58. The minimum Gasteiger partial charge on any atom is -0.314 e. The van der Waals surface area contributed by atoms with E-state index in [1.165, 1.54) is 101 Å². The number of fused-ring (bicyclic) bond motifs is 7. The molecule has 2 aliphatic carbocycles. The molecule has 0 N–H and O–H groups in total. The lowest BCUT2D eigenvalue weighted by atomic mass is 9.79. The van der Waals surface area contributed by atoms with Gasteiger partial charge < -0.3 is 9.80 Å². The van der Waals surface area contributed by atoms with Crippen LogP contribution in [-0.4, -0.2) is 0 Å². The molecule has 2 heteroatoms. The van der Waals surface area contributed by atoms with Crippen molar-refractivity contribution < 1.29 is 0 Å². The summed E-state index contributed by atoms with van der Waals surface area (Å²) in [5.41, 5.74) is 21.7. The van der Waals surface area contributed by atoms with Crippen molar-refractivity contribution in [3.05, 3.63) is 214 Å². The number of rotatable bonds is 4. The first kappa shape index (κ1) is 33.9. The van der Waals surface area contributed by atoms with Crippen LogP contribution in [-0.2, 0) is 31.1 Å². The summed E-state index contributed by atoms with van der Waals surface area (Å²) in [6, 6.07) is 56.6. The Hall–Kier alpha value is -6.38. The van der Waals surface area contributed by atoms with E-state index in [4.69, 9.17) is 0 Å². The van der Waals surface area contributed by atoms with Gasteiger partial charge in [-0.2, -0.15) is 0 Å². The van der Waals surface area contributed by atoms with Gasteiger partial charge in [0.2, 0.25) is 0 Å².